The summed E-state index contributed by atoms with van der Waals surface area (Å²) >= 11 is 0. The number of nitrogens with zero attached hydrogens (tertiary/aromatic N) is 5. The number of para-hydroxylation sites is 1. The molecule has 2 aromatic heterocycles. The molecule has 8 nitrogen and oxygen atoms in total. The molecule has 0 amide bonds. The minimum Gasteiger partial charge on any atom is -0.507 e. The molecular formula is C20H22N7O+. The zero-order valence-corrected chi connectivity index (χ0v) is 15.4. The first-order valence-corrected chi connectivity index (χ1v) is 9.49. The van der Waals surface area contributed by atoms with Crippen molar-refractivity contribution >= 4 is 17.2 Å². The van der Waals surface area contributed by atoms with Crippen molar-refractivity contribution in [3.63, 3.8) is 0 Å². The summed E-state index contributed by atoms with van der Waals surface area (Å²) in [7, 11) is 0. The molecule has 142 valence electrons. The largest absolute Gasteiger partial charge is 0.507 e. The van der Waals surface area contributed by atoms with Crippen LogP contribution in [0, 0.1) is 0 Å². The van der Waals surface area contributed by atoms with Crippen molar-refractivity contribution in [3.8, 4) is 17.0 Å². The highest BCUT2D eigenvalue weighted by Gasteiger charge is 2.45. The van der Waals surface area contributed by atoms with Gasteiger partial charge in [0.05, 0.1) is 36.9 Å². The van der Waals surface area contributed by atoms with Crippen molar-refractivity contribution in [3.05, 3.63) is 49.1 Å². The zero-order valence-electron chi connectivity index (χ0n) is 15.4. The number of nitrogen functional groups attached to an aromatic ring is 1. The summed E-state index contributed by atoms with van der Waals surface area (Å²) in [6, 6.07) is 10.0. The maximum absolute atomic E-state index is 10.2. The van der Waals surface area contributed by atoms with Crippen LogP contribution in [0.1, 0.15) is 12.8 Å². The van der Waals surface area contributed by atoms with Gasteiger partial charge < -0.3 is 15.7 Å². The molecule has 4 heterocycles. The quantitative estimate of drug-likeness (QED) is 0.621. The molecule has 2 atom stereocenters. The molecule has 0 spiro atoms. The average Bonchev–Trinajstić information content (AvgIpc) is 2.99. The lowest BCUT2D eigenvalue weighted by molar-refractivity contribution is -0.873. The van der Waals surface area contributed by atoms with E-state index in [4.69, 9.17) is 5.73 Å². The van der Waals surface area contributed by atoms with Crippen molar-refractivity contribution < 1.29 is 10.0 Å². The highest BCUT2D eigenvalue weighted by molar-refractivity contribution is 5.74. The number of quaternary nitrogens is 1. The summed E-state index contributed by atoms with van der Waals surface area (Å²) in [4.78, 5) is 12.2. The van der Waals surface area contributed by atoms with Crippen LogP contribution < -0.4 is 15.5 Å². The molecule has 28 heavy (non-hydrogen) atoms. The first kappa shape index (κ1) is 16.9. The van der Waals surface area contributed by atoms with Crippen molar-refractivity contribution in [1.29, 1.82) is 0 Å². The van der Waals surface area contributed by atoms with Crippen LogP contribution in [0.3, 0.4) is 0 Å². The molecule has 3 aromatic rings. The molecule has 2 bridgehead atoms. The van der Waals surface area contributed by atoms with Crippen molar-refractivity contribution in [2.24, 2.45) is 0 Å². The van der Waals surface area contributed by atoms with Gasteiger partial charge in [0.2, 0.25) is 0 Å². The number of hydrogen-bond acceptors (Lipinski definition) is 7. The first-order chi connectivity index (χ1) is 13.7. The van der Waals surface area contributed by atoms with Crippen molar-refractivity contribution in [2.75, 3.05) is 23.7 Å². The fraction of sp³-hybridized carbons (Fsp3) is 0.300. The van der Waals surface area contributed by atoms with E-state index in [2.05, 4.69) is 25.1 Å². The lowest BCUT2D eigenvalue weighted by Gasteiger charge is -2.39. The summed E-state index contributed by atoms with van der Waals surface area (Å²) in [5.74, 6) is 0.607. The second-order valence-corrected chi connectivity index (χ2v) is 7.48. The van der Waals surface area contributed by atoms with Gasteiger partial charge in [-0.1, -0.05) is 12.1 Å². The van der Waals surface area contributed by atoms with E-state index in [1.807, 2.05) is 30.6 Å². The van der Waals surface area contributed by atoms with E-state index in [1.165, 1.54) is 4.90 Å². The number of piperazine rings is 1. The lowest BCUT2D eigenvalue weighted by atomic mass is 10.1. The zero-order chi connectivity index (χ0) is 19.1. The number of nitrogens with one attached hydrogen (secondary N) is 1. The third-order valence-corrected chi connectivity index (χ3v) is 5.84. The Kier molecular flexibility index (Phi) is 4.05. The Morgan fingerprint density at radius 2 is 1.75 bits per heavy atom. The molecule has 2 aliphatic rings. The Hall–Kier alpha value is -3.26. The highest BCUT2D eigenvalue weighted by Crippen LogP contribution is 2.33. The third-order valence-electron chi connectivity index (χ3n) is 5.84. The molecule has 1 aromatic carbocycles. The van der Waals surface area contributed by atoms with Crippen LogP contribution in [0.2, 0.25) is 0 Å². The minimum atomic E-state index is 0.186. The molecule has 0 saturated carbocycles. The molecule has 8 heteroatoms. The predicted molar refractivity (Wildman–Crippen MR) is 105 cm³/mol. The van der Waals surface area contributed by atoms with Gasteiger partial charge in [-0.05, 0) is 18.2 Å². The van der Waals surface area contributed by atoms with Crippen LogP contribution in [-0.2, 0) is 0 Å². The molecule has 2 aliphatic heterocycles. The number of aromatic nitrogens is 4. The number of aromatic hydroxyl groups is 1. The predicted octanol–water partition coefficient (Wildman–Crippen LogP) is 0.789. The minimum absolute atomic E-state index is 0.186. The van der Waals surface area contributed by atoms with Crippen LogP contribution in [0.5, 0.6) is 5.75 Å². The molecule has 4 N–H and O–H groups in total. The van der Waals surface area contributed by atoms with E-state index in [9.17, 15) is 5.11 Å². The number of phenolic OH excluding ortho intramolecular Hbond substituents is 1. The average molecular weight is 376 g/mol. The summed E-state index contributed by atoms with van der Waals surface area (Å²) in [6.07, 6.45) is 7.74. The summed E-state index contributed by atoms with van der Waals surface area (Å²) < 4.78 is 0. The van der Waals surface area contributed by atoms with Gasteiger partial charge in [-0.3, -0.25) is 4.90 Å². The fourth-order valence-corrected chi connectivity index (χ4v) is 4.62. The molecule has 0 aliphatic carbocycles. The van der Waals surface area contributed by atoms with Crippen LogP contribution in [-0.4, -0.2) is 50.4 Å². The molecule has 2 saturated heterocycles. The summed E-state index contributed by atoms with van der Waals surface area (Å²) in [5.41, 5.74) is 9.51. The van der Waals surface area contributed by atoms with Gasteiger partial charge >= 0.3 is 0 Å². The van der Waals surface area contributed by atoms with E-state index in [1.54, 1.807) is 18.5 Å². The Bertz CT molecular complexity index is 983. The molecular weight excluding hydrogens is 354 g/mol. The Labute approximate surface area is 162 Å². The third kappa shape index (κ3) is 2.82. The number of hydrogen-bond donors (Lipinski definition) is 3. The van der Waals surface area contributed by atoms with Crippen LogP contribution in [0.25, 0.3) is 11.3 Å². The van der Waals surface area contributed by atoms with Crippen molar-refractivity contribution in [2.45, 2.75) is 24.9 Å². The number of nitrogens with two attached hydrogens (primary N) is 1. The van der Waals surface area contributed by atoms with Gasteiger partial charge in [-0.25, -0.2) is 9.97 Å². The Balaban J connectivity index is 1.45. The first-order valence-electron chi connectivity index (χ1n) is 9.49. The Morgan fingerprint density at radius 3 is 2.46 bits per heavy atom. The van der Waals surface area contributed by atoms with Crippen LogP contribution in [0.4, 0.5) is 17.2 Å². The van der Waals surface area contributed by atoms with Gasteiger partial charge in [0, 0.05) is 18.4 Å². The normalized spacial score (nSPS) is 23.7. The standard InChI is InChI=1S/C20H21N7O/c21-20-18(7-17(24-25-20)16-3-1-2-4-19(16)28)26-10-13-5-6-14(11-26)27(13)15-8-22-12-23-9-15/h1-4,7-9,12-14,28H,5-6,10-11H2,(H2,21,25)/p+1. The van der Waals surface area contributed by atoms with Crippen LogP contribution >= 0.6 is 0 Å². The molecule has 5 rings (SSSR count). The van der Waals surface area contributed by atoms with E-state index >= 15 is 0 Å². The van der Waals surface area contributed by atoms with E-state index in [0.717, 1.165) is 37.3 Å². The maximum atomic E-state index is 10.2. The Morgan fingerprint density at radius 1 is 1.04 bits per heavy atom. The number of rotatable bonds is 3. The summed E-state index contributed by atoms with van der Waals surface area (Å²) in [5, 5.41) is 18.5. The van der Waals surface area contributed by atoms with Gasteiger partial charge in [-0.2, -0.15) is 0 Å². The number of phenols is 1. The lowest BCUT2D eigenvalue weighted by Crippen LogP contribution is -3.15. The van der Waals surface area contributed by atoms with Gasteiger partial charge in [0.25, 0.3) is 0 Å². The van der Waals surface area contributed by atoms with Gasteiger partial charge in [0.1, 0.15) is 24.2 Å². The number of fused-ring (bicyclic) bond motifs is 2. The van der Waals surface area contributed by atoms with E-state index in [-0.39, 0.29) is 5.75 Å². The molecule has 0 radical (unpaired) electrons. The number of benzene rings is 1. The summed E-state index contributed by atoms with van der Waals surface area (Å²) in [6.45, 7) is 1.77. The van der Waals surface area contributed by atoms with E-state index < -0.39 is 0 Å². The monoisotopic (exact) mass is 376 g/mol. The van der Waals surface area contributed by atoms with Gasteiger partial charge in [-0.15, -0.1) is 10.2 Å². The van der Waals surface area contributed by atoms with Crippen LogP contribution in [0.15, 0.2) is 49.1 Å². The van der Waals surface area contributed by atoms with E-state index in [0.29, 0.717) is 29.2 Å². The molecule has 2 fully saturated rings. The smallest absolute Gasteiger partial charge is 0.169 e. The topological polar surface area (TPSA) is 105 Å². The highest BCUT2D eigenvalue weighted by atomic mass is 16.3. The molecule has 2 unspecified atom stereocenters. The second kappa shape index (κ2) is 6.72. The van der Waals surface area contributed by atoms with Crippen molar-refractivity contribution in [1.82, 2.24) is 20.2 Å². The SMILES string of the molecule is Nc1nnc(-c2ccccc2O)cc1N1CC2CCC(C1)[NH+]2c1cncnc1. The number of anilines is 2. The maximum Gasteiger partial charge on any atom is 0.169 e. The second-order valence-electron chi connectivity index (χ2n) is 7.48. The van der Waals surface area contributed by atoms with Gasteiger partial charge in [0.15, 0.2) is 11.5 Å². The fourth-order valence-electron chi connectivity index (χ4n) is 4.62.